The molecule has 76 valence electrons. The van der Waals surface area contributed by atoms with Gasteiger partial charge in [0.25, 0.3) is 0 Å². The van der Waals surface area contributed by atoms with Crippen molar-refractivity contribution in [3.05, 3.63) is 24.3 Å². The van der Waals surface area contributed by atoms with Gasteiger partial charge in [0.1, 0.15) is 6.33 Å². The van der Waals surface area contributed by atoms with Gasteiger partial charge in [-0.15, -0.1) is 0 Å². The van der Waals surface area contributed by atoms with E-state index < -0.39 is 5.97 Å². The summed E-state index contributed by atoms with van der Waals surface area (Å²) in [6.07, 6.45) is 3.31. The molecule has 1 heterocycles. The number of nitrogens with zero attached hydrogens (tertiary/aromatic N) is 3. The van der Waals surface area contributed by atoms with Gasteiger partial charge in [0.05, 0.1) is 12.1 Å². The Hall–Kier alpha value is -1.49. The van der Waals surface area contributed by atoms with Gasteiger partial charge in [-0.05, 0) is 13.1 Å². The molecule has 0 saturated heterocycles. The predicted octanol–water partition coefficient (Wildman–Crippen LogP) is 0.383. The number of aromatic nitrogens is 2. The summed E-state index contributed by atoms with van der Waals surface area (Å²) >= 11 is 0. The van der Waals surface area contributed by atoms with E-state index in [1.54, 1.807) is 6.20 Å². The predicted molar refractivity (Wildman–Crippen MR) is 50.6 cm³/mol. The average molecular weight is 195 g/mol. The third-order valence-electron chi connectivity index (χ3n) is 1.78. The minimum absolute atomic E-state index is 0.154. The van der Waals surface area contributed by atoms with Crippen molar-refractivity contribution in [3.63, 3.8) is 0 Å². The van der Waals surface area contributed by atoms with Gasteiger partial charge in [-0.1, -0.05) is 0 Å². The molecule has 1 aromatic heterocycles. The maximum absolute atomic E-state index is 10.3. The van der Waals surface area contributed by atoms with Crippen molar-refractivity contribution in [2.45, 2.75) is 13.0 Å². The van der Waals surface area contributed by atoms with Crippen LogP contribution in [0.2, 0.25) is 0 Å². The van der Waals surface area contributed by atoms with Crippen molar-refractivity contribution in [2.24, 2.45) is 0 Å². The number of hydrogen-bond acceptors (Lipinski definition) is 4. The molecule has 0 spiro atoms. The largest absolute Gasteiger partial charge is 0.481 e. The summed E-state index contributed by atoms with van der Waals surface area (Å²) in [6.45, 7) is 1.18. The molecular weight excluding hydrogens is 182 g/mol. The van der Waals surface area contributed by atoms with Crippen molar-refractivity contribution < 1.29 is 9.90 Å². The first-order valence-electron chi connectivity index (χ1n) is 4.33. The Bertz CT molecular complexity index is 289. The van der Waals surface area contributed by atoms with Gasteiger partial charge in [0.15, 0.2) is 0 Å². The van der Waals surface area contributed by atoms with Crippen LogP contribution in [-0.4, -0.2) is 39.5 Å². The molecule has 1 rings (SSSR count). The fraction of sp³-hybridized carbons (Fsp3) is 0.444. The zero-order valence-corrected chi connectivity index (χ0v) is 8.05. The lowest BCUT2D eigenvalue weighted by Crippen LogP contribution is -2.21. The van der Waals surface area contributed by atoms with Gasteiger partial charge < -0.3 is 5.11 Å². The monoisotopic (exact) mass is 195 g/mol. The van der Waals surface area contributed by atoms with Crippen LogP contribution >= 0.6 is 0 Å². The van der Waals surface area contributed by atoms with E-state index >= 15 is 0 Å². The lowest BCUT2D eigenvalue weighted by atomic mass is 10.3. The molecule has 0 saturated carbocycles. The summed E-state index contributed by atoms with van der Waals surface area (Å²) in [5, 5.41) is 8.48. The number of aliphatic carboxylic acids is 1. The quantitative estimate of drug-likeness (QED) is 0.735. The molecule has 0 aliphatic rings. The molecule has 0 aliphatic carbocycles. The maximum Gasteiger partial charge on any atom is 0.304 e. The average Bonchev–Trinajstić information content (AvgIpc) is 2.16. The van der Waals surface area contributed by atoms with E-state index in [4.69, 9.17) is 5.11 Å². The molecule has 5 heteroatoms. The van der Waals surface area contributed by atoms with E-state index in [-0.39, 0.29) is 6.42 Å². The van der Waals surface area contributed by atoms with Gasteiger partial charge in [0.2, 0.25) is 0 Å². The van der Waals surface area contributed by atoms with Crippen LogP contribution in [0.15, 0.2) is 18.6 Å². The normalized spacial score (nSPS) is 10.4. The molecule has 1 aromatic rings. The molecule has 5 nitrogen and oxygen atoms in total. The Balaban J connectivity index is 2.34. The topological polar surface area (TPSA) is 66.3 Å². The zero-order chi connectivity index (χ0) is 10.4. The van der Waals surface area contributed by atoms with Crippen LogP contribution < -0.4 is 0 Å². The van der Waals surface area contributed by atoms with Gasteiger partial charge in [0, 0.05) is 19.3 Å². The van der Waals surface area contributed by atoms with E-state index in [0.29, 0.717) is 13.1 Å². The highest BCUT2D eigenvalue weighted by Gasteiger charge is 2.03. The van der Waals surface area contributed by atoms with Crippen LogP contribution in [0.5, 0.6) is 0 Å². The van der Waals surface area contributed by atoms with Crippen molar-refractivity contribution in [3.8, 4) is 0 Å². The van der Waals surface area contributed by atoms with E-state index in [2.05, 4.69) is 9.97 Å². The first-order chi connectivity index (χ1) is 6.68. The minimum atomic E-state index is -0.778. The number of rotatable bonds is 5. The second-order valence-corrected chi connectivity index (χ2v) is 3.08. The van der Waals surface area contributed by atoms with Gasteiger partial charge in [-0.3, -0.25) is 9.69 Å². The Morgan fingerprint density at radius 2 is 2.43 bits per heavy atom. The Labute approximate surface area is 82.4 Å². The maximum atomic E-state index is 10.3. The molecule has 14 heavy (non-hydrogen) atoms. The number of hydrogen-bond donors (Lipinski definition) is 1. The molecule has 0 atom stereocenters. The number of carboxylic acid groups (broad SMARTS) is 1. The van der Waals surface area contributed by atoms with Gasteiger partial charge in [-0.25, -0.2) is 9.97 Å². The van der Waals surface area contributed by atoms with Crippen LogP contribution in [-0.2, 0) is 11.3 Å². The molecule has 0 unspecified atom stereocenters. The van der Waals surface area contributed by atoms with Crippen molar-refractivity contribution in [1.29, 1.82) is 0 Å². The van der Waals surface area contributed by atoms with E-state index in [0.717, 1.165) is 5.69 Å². The van der Waals surface area contributed by atoms with Crippen LogP contribution in [0.25, 0.3) is 0 Å². The zero-order valence-electron chi connectivity index (χ0n) is 8.05. The summed E-state index contributed by atoms with van der Waals surface area (Å²) in [7, 11) is 1.87. The molecule has 0 aromatic carbocycles. The SMILES string of the molecule is CN(CCC(=O)O)Cc1ccncn1. The molecule has 0 bridgehead atoms. The standard InChI is InChI=1S/C9H13N3O2/c1-12(5-3-9(13)14)6-8-2-4-10-7-11-8/h2,4,7H,3,5-6H2,1H3,(H,13,14). The van der Waals surface area contributed by atoms with Gasteiger partial charge in [-0.2, -0.15) is 0 Å². The third-order valence-corrected chi connectivity index (χ3v) is 1.78. The second-order valence-electron chi connectivity index (χ2n) is 3.08. The smallest absolute Gasteiger partial charge is 0.304 e. The lowest BCUT2D eigenvalue weighted by Gasteiger charge is -2.14. The minimum Gasteiger partial charge on any atom is -0.481 e. The van der Waals surface area contributed by atoms with E-state index in [9.17, 15) is 4.79 Å². The molecule has 0 radical (unpaired) electrons. The van der Waals surface area contributed by atoms with Crippen LogP contribution in [0.3, 0.4) is 0 Å². The van der Waals surface area contributed by atoms with E-state index in [1.807, 2.05) is 18.0 Å². The Morgan fingerprint density at radius 3 is 3.00 bits per heavy atom. The number of carbonyl (C=O) groups is 1. The molecule has 0 aliphatic heterocycles. The fourth-order valence-electron chi connectivity index (χ4n) is 1.05. The summed E-state index contributed by atoms with van der Waals surface area (Å²) in [6, 6.07) is 1.82. The Morgan fingerprint density at radius 1 is 1.64 bits per heavy atom. The number of carboxylic acids is 1. The molecule has 1 N–H and O–H groups in total. The lowest BCUT2D eigenvalue weighted by molar-refractivity contribution is -0.137. The molecule has 0 amide bonds. The first-order valence-corrected chi connectivity index (χ1v) is 4.33. The molecular formula is C9H13N3O2. The Kier molecular flexibility index (Phi) is 4.00. The molecule has 0 fully saturated rings. The fourth-order valence-corrected chi connectivity index (χ4v) is 1.05. The summed E-state index contributed by atoms with van der Waals surface area (Å²) in [5.74, 6) is -0.778. The highest BCUT2D eigenvalue weighted by molar-refractivity contribution is 5.66. The second kappa shape index (κ2) is 5.29. The van der Waals surface area contributed by atoms with E-state index in [1.165, 1.54) is 6.33 Å². The van der Waals surface area contributed by atoms with Crippen LogP contribution in [0.4, 0.5) is 0 Å². The summed E-state index contributed by atoms with van der Waals surface area (Å²) in [5.41, 5.74) is 0.896. The summed E-state index contributed by atoms with van der Waals surface area (Å²) < 4.78 is 0. The highest BCUT2D eigenvalue weighted by atomic mass is 16.4. The first kappa shape index (κ1) is 10.6. The summed E-state index contributed by atoms with van der Waals surface area (Å²) in [4.78, 5) is 20.1. The van der Waals surface area contributed by atoms with Crippen LogP contribution in [0.1, 0.15) is 12.1 Å². The van der Waals surface area contributed by atoms with Crippen LogP contribution in [0, 0.1) is 0 Å². The van der Waals surface area contributed by atoms with Crippen molar-refractivity contribution >= 4 is 5.97 Å². The van der Waals surface area contributed by atoms with Crippen molar-refractivity contribution in [1.82, 2.24) is 14.9 Å². The highest BCUT2D eigenvalue weighted by Crippen LogP contribution is 1.97. The van der Waals surface area contributed by atoms with Crippen molar-refractivity contribution in [2.75, 3.05) is 13.6 Å². The van der Waals surface area contributed by atoms with Gasteiger partial charge >= 0.3 is 5.97 Å². The third kappa shape index (κ3) is 3.95.